The molecule has 0 bridgehead atoms. The average Bonchev–Trinajstić information content (AvgIpc) is 3.31. The summed E-state index contributed by atoms with van der Waals surface area (Å²) in [6, 6.07) is 9.60. The third-order valence-electron chi connectivity index (χ3n) is 4.21. The molecule has 1 N–H and O–H groups in total. The fourth-order valence-electron chi connectivity index (χ4n) is 3.00. The van der Waals surface area contributed by atoms with Crippen LogP contribution in [-0.4, -0.2) is 25.2 Å². The standard InChI is InChI=1S/C16H20BrN3/c17-13-4-7-16(12(9-13)10-18)20(15-5-6-15)11-14-3-1-2-8-19-14/h4,7,9,14-15,19H,1-3,5-6,8,11H2. The van der Waals surface area contributed by atoms with Gasteiger partial charge in [-0.2, -0.15) is 5.26 Å². The van der Waals surface area contributed by atoms with Crippen molar-refractivity contribution >= 4 is 21.6 Å². The summed E-state index contributed by atoms with van der Waals surface area (Å²) >= 11 is 3.46. The molecule has 1 saturated carbocycles. The Bertz CT molecular complexity index is 513. The SMILES string of the molecule is N#Cc1cc(Br)ccc1N(CC1CCCCN1)C1CC1. The summed E-state index contributed by atoms with van der Waals surface area (Å²) < 4.78 is 0.976. The Morgan fingerprint density at radius 3 is 2.80 bits per heavy atom. The van der Waals surface area contributed by atoms with E-state index in [1.165, 1.54) is 32.1 Å². The van der Waals surface area contributed by atoms with E-state index in [4.69, 9.17) is 0 Å². The summed E-state index contributed by atoms with van der Waals surface area (Å²) in [7, 11) is 0. The minimum atomic E-state index is 0.569. The van der Waals surface area contributed by atoms with E-state index in [9.17, 15) is 5.26 Å². The zero-order chi connectivity index (χ0) is 13.9. The van der Waals surface area contributed by atoms with Gasteiger partial charge >= 0.3 is 0 Å². The molecular formula is C16H20BrN3. The second-order valence-corrected chi connectivity index (χ2v) is 6.72. The molecule has 1 aromatic rings. The van der Waals surface area contributed by atoms with Crippen LogP contribution in [0.3, 0.4) is 0 Å². The highest BCUT2D eigenvalue weighted by Crippen LogP contribution is 2.35. The first-order valence-electron chi connectivity index (χ1n) is 7.47. The summed E-state index contributed by atoms with van der Waals surface area (Å²) in [5.41, 5.74) is 1.88. The number of anilines is 1. The largest absolute Gasteiger partial charge is 0.366 e. The highest BCUT2D eigenvalue weighted by molar-refractivity contribution is 9.10. The molecule has 20 heavy (non-hydrogen) atoms. The summed E-state index contributed by atoms with van der Waals surface area (Å²) in [4.78, 5) is 2.45. The molecule has 2 aliphatic rings. The van der Waals surface area contributed by atoms with Gasteiger partial charge in [0, 0.05) is 23.1 Å². The van der Waals surface area contributed by atoms with Gasteiger partial charge in [0.2, 0.25) is 0 Å². The molecule has 0 amide bonds. The van der Waals surface area contributed by atoms with Crippen molar-refractivity contribution in [3.8, 4) is 6.07 Å². The number of halogens is 1. The van der Waals surface area contributed by atoms with E-state index < -0.39 is 0 Å². The van der Waals surface area contributed by atoms with Crippen LogP contribution in [-0.2, 0) is 0 Å². The second-order valence-electron chi connectivity index (χ2n) is 5.80. The van der Waals surface area contributed by atoms with Crippen LogP contribution in [0.2, 0.25) is 0 Å². The number of benzene rings is 1. The van der Waals surface area contributed by atoms with Crippen molar-refractivity contribution in [3.63, 3.8) is 0 Å². The molecule has 1 heterocycles. The number of nitrogens with zero attached hydrogens (tertiary/aromatic N) is 2. The first kappa shape index (κ1) is 13.9. The lowest BCUT2D eigenvalue weighted by Crippen LogP contribution is -2.44. The first-order valence-corrected chi connectivity index (χ1v) is 8.27. The Hall–Kier alpha value is -1.05. The number of nitrogens with one attached hydrogen (secondary N) is 1. The van der Waals surface area contributed by atoms with E-state index in [0.717, 1.165) is 28.8 Å². The molecule has 3 rings (SSSR count). The molecule has 1 aliphatic carbocycles. The fourth-order valence-corrected chi connectivity index (χ4v) is 3.36. The number of rotatable bonds is 4. The Morgan fingerprint density at radius 1 is 1.30 bits per heavy atom. The van der Waals surface area contributed by atoms with Gasteiger partial charge in [0.25, 0.3) is 0 Å². The van der Waals surface area contributed by atoms with Gasteiger partial charge in [0.05, 0.1) is 11.3 Å². The highest BCUT2D eigenvalue weighted by atomic mass is 79.9. The Balaban J connectivity index is 1.81. The summed E-state index contributed by atoms with van der Waals surface area (Å²) in [6.45, 7) is 2.16. The quantitative estimate of drug-likeness (QED) is 0.917. The Labute approximate surface area is 129 Å². The maximum Gasteiger partial charge on any atom is 0.101 e. The van der Waals surface area contributed by atoms with E-state index in [0.29, 0.717) is 12.1 Å². The van der Waals surface area contributed by atoms with Crippen LogP contribution in [0.1, 0.15) is 37.7 Å². The van der Waals surface area contributed by atoms with Gasteiger partial charge in [-0.15, -0.1) is 0 Å². The monoisotopic (exact) mass is 333 g/mol. The van der Waals surface area contributed by atoms with Crippen molar-refractivity contribution in [1.29, 1.82) is 5.26 Å². The molecule has 1 aromatic carbocycles. The third kappa shape index (κ3) is 3.16. The van der Waals surface area contributed by atoms with Crippen LogP contribution in [0.5, 0.6) is 0 Å². The summed E-state index contributed by atoms with van der Waals surface area (Å²) in [6.07, 6.45) is 6.38. The van der Waals surface area contributed by atoms with Crippen molar-refractivity contribution in [2.24, 2.45) is 0 Å². The molecule has 1 saturated heterocycles. The van der Waals surface area contributed by atoms with Crippen molar-refractivity contribution in [1.82, 2.24) is 5.32 Å². The lowest BCUT2D eigenvalue weighted by molar-refractivity contribution is 0.398. The molecule has 3 nitrogen and oxygen atoms in total. The van der Waals surface area contributed by atoms with E-state index in [-0.39, 0.29) is 0 Å². The summed E-state index contributed by atoms with van der Waals surface area (Å²) in [5.74, 6) is 0. The topological polar surface area (TPSA) is 39.1 Å². The van der Waals surface area contributed by atoms with Crippen LogP contribution < -0.4 is 10.2 Å². The first-order chi connectivity index (χ1) is 9.78. The van der Waals surface area contributed by atoms with Gasteiger partial charge in [-0.1, -0.05) is 22.4 Å². The predicted molar refractivity (Wildman–Crippen MR) is 84.9 cm³/mol. The fraction of sp³-hybridized carbons (Fsp3) is 0.562. The van der Waals surface area contributed by atoms with Gasteiger partial charge < -0.3 is 10.2 Å². The van der Waals surface area contributed by atoms with Crippen LogP contribution in [0.4, 0.5) is 5.69 Å². The molecule has 2 fully saturated rings. The minimum absolute atomic E-state index is 0.569. The highest BCUT2D eigenvalue weighted by Gasteiger charge is 2.32. The lowest BCUT2D eigenvalue weighted by Gasteiger charge is -2.32. The van der Waals surface area contributed by atoms with Gasteiger partial charge in [0.1, 0.15) is 6.07 Å². The van der Waals surface area contributed by atoms with Gasteiger partial charge in [0.15, 0.2) is 0 Å². The van der Waals surface area contributed by atoms with E-state index in [1.807, 2.05) is 12.1 Å². The van der Waals surface area contributed by atoms with E-state index in [2.05, 4.69) is 38.3 Å². The molecule has 4 heteroatoms. The zero-order valence-corrected chi connectivity index (χ0v) is 13.2. The maximum absolute atomic E-state index is 9.39. The summed E-state index contributed by atoms with van der Waals surface area (Å²) in [5, 5.41) is 13.0. The number of hydrogen-bond acceptors (Lipinski definition) is 3. The molecule has 1 unspecified atom stereocenters. The smallest absolute Gasteiger partial charge is 0.101 e. The third-order valence-corrected chi connectivity index (χ3v) is 4.70. The zero-order valence-electron chi connectivity index (χ0n) is 11.6. The second kappa shape index (κ2) is 6.15. The predicted octanol–water partition coefficient (Wildman–Crippen LogP) is 3.43. The molecule has 0 radical (unpaired) electrons. The molecule has 1 atom stereocenters. The molecule has 106 valence electrons. The van der Waals surface area contributed by atoms with Crippen LogP contribution in [0.25, 0.3) is 0 Å². The normalized spacial score (nSPS) is 22.3. The Kier molecular flexibility index (Phi) is 4.28. The number of hydrogen-bond donors (Lipinski definition) is 1. The minimum Gasteiger partial charge on any atom is -0.366 e. The number of piperidine rings is 1. The molecule has 0 spiro atoms. The molecule has 1 aliphatic heterocycles. The molecule has 0 aromatic heterocycles. The van der Waals surface area contributed by atoms with Crippen molar-refractivity contribution in [2.75, 3.05) is 18.0 Å². The van der Waals surface area contributed by atoms with Crippen LogP contribution >= 0.6 is 15.9 Å². The van der Waals surface area contributed by atoms with Gasteiger partial charge in [-0.05, 0) is 50.4 Å². The van der Waals surface area contributed by atoms with Crippen molar-refractivity contribution < 1.29 is 0 Å². The average molecular weight is 334 g/mol. The van der Waals surface area contributed by atoms with E-state index in [1.54, 1.807) is 0 Å². The van der Waals surface area contributed by atoms with E-state index >= 15 is 0 Å². The van der Waals surface area contributed by atoms with Crippen molar-refractivity contribution in [3.05, 3.63) is 28.2 Å². The van der Waals surface area contributed by atoms with Gasteiger partial charge in [-0.25, -0.2) is 0 Å². The maximum atomic E-state index is 9.39. The van der Waals surface area contributed by atoms with Crippen LogP contribution in [0, 0.1) is 11.3 Å². The molecular weight excluding hydrogens is 314 g/mol. The Morgan fingerprint density at radius 2 is 2.15 bits per heavy atom. The lowest BCUT2D eigenvalue weighted by atomic mass is 10.0. The van der Waals surface area contributed by atoms with Gasteiger partial charge in [-0.3, -0.25) is 0 Å². The number of nitriles is 1. The van der Waals surface area contributed by atoms with Crippen LogP contribution in [0.15, 0.2) is 22.7 Å². The van der Waals surface area contributed by atoms with Crippen molar-refractivity contribution in [2.45, 2.75) is 44.2 Å².